The van der Waals surface area contributed by atoms with Crippen LogP contribution in [0.3, 0.4) is 0 Å². The highest BCUT2D eigenvalue weighted by Gasteiger charge is 2.03. The fourth-order valence-corrected chi connectivity index (χ4v) is 0.973. The molecule has 0 spiro atoms. The molecule has 12 heavy (non-hydrogen) atoms. The van der Waals surface area contributed by atoms with E-state index < -0.39 is 5.69 Å². The first-order valence-electron chi connectivity index (χ1n) is 3.97. The number of aromatic nitrogens is 2. The zero-order chi connectivity index (χ0) is 9.14. The molecule has 1 atom stereocenters. The minimum atomic E-state index is -0.433. The minimum absolute atomic E-state index is 0.222. The van der Waals surface area contributed by atoms with Crippen LogP contribution in [0.25, 0.3) is 0 Å². The fraction of sp³-hybridized carbons (Fsp3) is 0.500. The van der Waals surface area contributed by atoms with E-state index in [0.717, 1.165) is 6.42 Å². The van der Waals surface area contributed by atoms with Crippen molar-refractivity contribution in [3.63, 3.8) is 0 Å². The van der Waals surface area contributed by atoms with Gasteiger partial charge in [-0.1, -0.05) is 13.8 Å². The summed E-state index contributed by atoms with van der Waals surface area (Å²) >= 11 is 0. The molecular weight excluding hydrogens is 156 g/mol. The summed E-state index contributed by atoms with van der Waals surface area (Å²) in [4.78, 5) is 26.4. The van der Waals surface area contributed by atoms with Crippen LogP contribution < -0.4 is 11.2 Å². The average Bonchev–Trinajstić information content (AvgIpc) is 2.01. The van der Waals surface area contributed by atoms with Crippen LogP contribution in [-0.4, -0.2) is 9.97 Å². The van der Waals surface area contributed by atoms with E-state index in [0.29, 0.717) is 5.69 Å². The van der Waals surface area contributed by atoms with Crippen LogP contribution in [0, 0.1) is 0 Å². The highest BCUT2D eigenvalue weighted by Crippen LogP contribution is 2.12. The monoisotopic (exact) mass is 168 g/mol. The van der Waals surface area contributed by atoms with E-state index >= 15 is 0 Å². The summed E-state index contributed by atoms with van der Waals surface area (Å²) in [7, 11) is 0. The molecule has 0 aliphatic heterocycles. The first kappa shape index (κ1) is 8.77. The molecule has 1 rings (SSSR count). The summed E-state index contributed by atoms with van der Waals surface area (Å²) < 4.78 is 0. The molecule has 0 saturated heterocycles. The van der Waals surface area contributed by atoms with Crippen molar-refractivity contribution in [1.82, 2.24) is 9.97 Å². The van der Waals surface area contributed by atoms with Gasteiger partial charge in [-0.3, -0.25) is 9.78 Å². The van der Waals surface area contributed by atoms with Crippen molar-refractivity contribution < 1.29 is 0 Å². The molecule has 0 amide bonds. The quantitative estimate of drug-likeness (QED) is 0.678. The van der Waals surface area contributed by atoms with Gasteiger partial charge in [-0.05, 0) is 12.3 Å². The highest BCUT2D eigenvalue weighted by molar-refractivity contribution is 5.03. The first-order valence-corrected chi connectivity index (χ1v) is 3.97. The Morgan fingerprint density at radius 2 is 2.08 bits per heavy atom. The molecule has 0 fully saturated rings. The predicted octanol–water partition coefficient (Wildman–Crippen LogP) is 0.577. The molecule has 0 radical (unpaired) electrons. The molecule has 0 saturated carbocycles. The molecule has 1 aromatic heterocycles. The fourth-order valence-electron chi connectivity index (χ4n) is 0.973. The predicted molar refractivity (Wildman–Crippen MR) is 46.4 cm³/mol. The summed E-state index contributed by atoms with van der Waals surface area (Å²) in [5.74, 6) is 0.222. The van der Waals surface area contributed by atoms with E-state index in [1.54, 1.807) is 0 Å². The summed E-state index contributed by atoms with van der Waals surface area (Å²) in [6, 6.07) is 1.43. The normalized spacial score (nSPS) is 12.8. The van der Waals surface area contributed by atoms with Crippen molar-refractivity contribution in [3.8, 4) is 0 Å². The van der Waals surface area contributed by atoms with Crippen LogP contribution in [0.15, 0.2) is 15.7 Å². The lowest BCUT2D eigenvalue weighted by Gasteiger charge is -2.06. The second-order valence-corrected chi connectivity index (χ2v) is 2.85. The smallest absolute Gasteiger partial charge is 0.311 e. The Balaban J connectivity index is 3.17. The Labute approximate surface area is 69.7 Å². The van der Waals surface area contributed by atoms with Gasteiger partial charge < -0.3 is 4.98 Å². The third kappa shape index (κ3) is 1.84. The Bertz CT molecular complexity index is 336. The highest BCUT2D eigenvalue weighted by atomic mass is 16.2. The third-order valence-electron chi connectivity index (χ3n) is 1.92. The second kappa shape index (κ2) is 3.38. The van der Waals surface area contributed by atoms with E-state index in [1.165, 1.54) is 6.07 Å². The molecule has 4 nitrogen and oxygen atoms in total. The number of rotatable bonds is 2. The Kier molecular flexibility index (Phi) is 2.47. The molecule has 0 aromatic carbocycles. The number of hydrogen-bond acceptors (Lipinski definition) is 2. The maximum atomic E-state index is 10.9. The van der Waals surface area contributed by atoms with E-state index in [-0.39, 0.29) is 11.5 Å². The third-order valence-corrected chi connectivity index (χ3v) is 1.92. The van der Waals surface area contributed by atoms with Crippen LogP contribution >= 0.6 is 0 Å². The molecule has 66 valence electrons. The largest absolute Gasteiger partial charge is 0.325 e. The van der Waals surface area contributed by atoms with Gasteiger partial charge in [-0.25, -0.2) is 4.79 Å². The van der Waals surface area contributed by atoms with Crippen LogP contribution in [-0.2, 0) is 0 Å². The van der Waals surface area contributed by atoms with Gasteiger partial charge in [-0.2, -0.15) is 0 Å². The lowest BCUT2D eigenvalue weighted by atomic mass is 10.1. The van der Waals surface area contributed by atoms with Crippen LogP contribution in [0.4, 0.5) is 0 Å². The molecule has 0 bridgehead atoms. The van der Waals surface area contributed by atoms with Gasteiger partial charge in [0.2, 0.25) is 0 Å². The first-order chi connectivity index (χ1) is 5.63. The maximum absolute atomic E-state index is 10.9. The van der Waals surface area contributed by atoms with E-state index in [1.807, 2.05) is 13.8 Å². The molecule has 1 unspecified atom stereocenters. The van der Waals surface area contributed by atoms with Gasteiger partial charge in [0, 0.05) is 11.8 Å². The topological polar surface area (TPSA) is 65.7 Å². The molecule has 1 aromatic rings. The van der Waals surface area contributed by atoms with Crippen LogP contribution in [0.1, 0.15) is 31.9 Å². The zero-order valence-corrected chi connectivity index (χ0v) is 7.18. The number of nitrogens with one attached hydrogen (secondary N) is 2. The van der Waals surface area contributed by atoms with E-state index in [9.17, 15) is 9.59 Å². The van der Waals surface area contributed by atoms with Gasteiger partial charge in [-0.15, -0.1) is 0 Å². The standard InChI is InChI=1S/C8H12N2O2/c1-3-5(2)6-4-7(11)10-8(12)9-6/h4-5H,3H2,1-2H3,(H2,9,10,11,12). The van der Waals surface area contributed by atoms with Crippen molar-refractivity contribution in [2.24, 2.45) is 0 Å². The molecule has 0 aliphatic carbocycles. The van der Waals surface area contributed by atoms with E-state index in [4.69, 9.17) is 0 Å². The van der Waals surface area contributed by atoms with Gasteiger partial charge in [0.05, 0.1) is 0 Å². The van der Waals surface area contributed by atoms with Crippen LogP contribution in [0.2, 0.25) is 0 Å². The number of H-pyrrole nitrogens is 2. The van der Waals surface area contributed by atoms with Gasteiger partial charge in [0.25, 0.3) is 5.56 Å². The number of hydrogen-bond donors (Lipinski definition) is 2. The second-order valence-electron chi connectivity index (χ2n) is 2.85. The lowest BCUT2D eigenvalue weighted by molar-refractivity contribution is 0.696. The Hall–Kier alpha value is -1.32. The van der Waals surface area contributed by atoms with Crippen molar-refractivity contribution in [3.05, 3.63) is 32.6 Å². The van der Waals surface area contributed by atoms with E-state index in [2.05, 4.69) is 9.97 Å². The molecule has 0 aliphatic rings. The molecular formula is C8H12N2O2. The van der Waals surface area contributed by atoms with Crippen LogP contribution in [0.5, 0.6) is 0 Å². The maximum Gasteiger partial charge on any atom is 0.325 e. The SMILES string of the molecule is CCC(C)c1cc(=O)[nH]c(=O)[nH]1. The van der Waals surface area contributed by atoms with Gasteiger partial charge >= 0.3 is 5.69 Å². The number of aromatic amines is 2. The van der Waals surface area contributed by atoms with Crippen molar-refractivity contribution in [2.75, 3.05) is 0 Å². The summed E-state index contributed by atoms with van der Waals surface area (Å²) in [5, 5.41) is 0. The van der Waals surface area contributed by atoms with Gasteiger partial charge in [0.15, 0.2) is 0 Å². The summed E-state index contributed by atoms with van der Waals surface area (Å²) in [6.07, 6.45) is 0.902. The van der Waals surface area contributed by atoms with Crippen molar-refractivity contribution in [2.45, 2.75) is 26.2 Å². The summed E-state index contributed by atoms with van der Waals surface area (Å²) in [6.45, 7) is 3.97. The van der Waals surface area contributed by atoms with Crippen molar-refractivity contribution >= 4 is 0 Å². The summed E-state index contributed by atoms with van der Waals surface area (Å²) in [5.41, 5.74) is -0.0712. The average molecular weight is 168 g/mol. The molecule has 2 N–H and O–H groups in total. The van der Waals surface area contributed by atoms with Crippen molar-refractivity contribution in [1.29, 1.82) is 0 Å². The van der Waals surface area contributed by atoms with Gasteiger partial charge in [0.1, 0.15) is 0 Å². The molecule has 1 heterocycles. The Morgan fingerprint density at radius 3 is 2.58 bits per heavy atom. The Morgan fingerprint density at radius 1 is 1.42 bits per heavy atom. The minimum Gasteiger partial charge on any atom is -0.311 e. The zero-order valence-electron chi connectivity index (χ0n) is 7.18. The molecule has 4 heteroatoms. The lowest BCUT2D eigenvalue weighted by Crippen LogP contribution is -2.23.